The van der Waals surface area contributed by atoms with Crippen LogP contribution in [0, 0.1) is 0 Å². The summed E-state index contributed by atoms with van der Waals surface area (Å²) in [5, 5.41) is 0. The van der Waals surface area contributed by atoms with E-state index in [1.165, 1.54) is 0 Å². The molecule has 0 spiro atoms. The van der Waals surface area contributed by atoms with Gasteiger partial charge in [-0.3, -0.25) is 9.78 Å². The molecule has 1 aromatic heterocycles. The lowest BCUT2D eigenvalue weighted by molar-refractivity contribution is 0.0990. The molecule has 0 amide bonds. The van der Waals surface area contributed by atoms with E-state index in [9.17, 15) is 4.79 Å². The molecule has 0 aliphatic carbocycles. The van der Waals surface area contributed by atoms with Crippen molar-refractivity contribution in [1.29, 1.82) is 0 Å². The number of pyridine rings is 1. The van der Waals surface area contributed by atoms with Crippen molar-refractivity contribution in [2.24, 2.45) is 0 Å². The molecule has 12 heavy (non-hydrogen) atoms. The first-order chi connectivity index (χ1) is 5.75. The van der Waals surface area contributed by atoms with Crippen LogP contribution in [0.25, 0.3) is 0 Å². The minimum absolute atomic E-state index is 0.0162. The van der Waals surface area contributed by atoms with E-state index in [-0.39, 0.29) is 5.78 Å². The standard InChI is InChI=1S/C9H8BrNO/c1-2-4-8(12)9-7(10)5-3-6-11-9/h2-3,5-6H,1,4H2. The summed E-state index contributed by atoms with van der Waals surface area (Å²) in [5.41, 5.74) is 0.470. The first-order valence-corrected chi connectivity index (χ1v) is 4.29. The zero-order valence-electron chi connectivity index (χ0n) is 6.46. The van der Waals surface area contributed by atoms with E-state index in [2.05, 4.69) is 27.5 Å². The zero-order chi connectivity index (χ0) is 8.97. The fourth-order valence-corrected chi connectivity index (χ4v) is 1.29. The number of hydrogen-bond acceptors (Lipinski definition) is 2. The van der Waals surface area contributed by atoms with Gasteiger partial charge in [0.25, 0.3) is 0 Å². The summed E-state index contributed by atoms with van der Waals surface area (Å²) in [4.78, 5) is 15.3. The maximum Gasteiger partial charge on any atom is 0.186 e. The number of Topliss-reactive ketones (excluding diaryl/α,β-unsaturated/α-hetero) is 1. The van der Waals surface area contributed by atoms with E-state index in [0.717, 1.165) is 4.47 Å². The summed E-state index contributed by atoms with van der Waals surface area (Å²) in [7, 11) is 0. The normalized spacial score (nSPS) is 9.42. The molecule has 0 bridgehead atoms. The SMILES string of the molecule is C=CCC(=O)c1ncccc1Br. The quantitative estimate of drug-likeness (QED) is 0.585. The minimum Gasteiger partial charge on any atom is -0.292 e. The number of hydrogen-bond donors (Lipinski definition) is 0. The van der Waals surface area contributed by atoms with Crippen molar-refractivity contribution in [1.82, 2.24) is 4.98 Å². The number of rotatable bonds is 3. The van der Waals surface area contributed by atoms with Crippen LogP contribution in [0.4, 0.5) is 0 Å². The predicted molar refractivity (Wildman–Crippen MR) is 51.1 cm³/mol. The molecule has 2 nitrogen and oxygen atoms in total. The van der Waals surface area contributed by atoms with Gasteiger partial charge in [0, 0.05) is 17.1 Å². The first kappa shape index (κ1) is 9.13. The molecule has 0 aliphatic heterocycles. The molecule has 0 radical (unpaired) electrons. The fraction of sp³-hybridized carbons (Fsp3) is 0.111. The van der Waals surface area contributed by atoms with E-state index in [1.807, 2.05) is 0 Å². The van der Waals surface area contributed by atoms with Crippen LogP contribution in [-0.4, -0.2) is 10.8 Å². The maximum absolute atomic E-state index is 11.3. The van der Waals surface area contributed by atoms with Crippen LogP contribution < -0.4 is 0 Å². The average Bonchev–Trinajstić information content (AvgIpc) is 2.05. The monoisotopic (exact) mass is 225 g/mol. The molecule has 0 N–H and O–H groups in total. The second-order valence-corrected chi connectivity index (χ2v) is 3.10. The van der Waals surface area contributed by atoms with Crippen molar-refractivity contribution in [2.45, 2.75) is 6.42 Å². The number of allylic oxidation sites excluding steroid dienone is 1. The Kier molecular flexibility index (Phi) is 3.17. The molecule has 0 fully saturated rings. The Labute approximate surface area is 79.5 Å². The molecule has 0 saturated heterocycles. The molecular formula is C9H8BrNO. The van der Waals surface area contributed by atoms with Crippen molar-refractivity contribution in [3.63, 3.8) is 0 Å². The largest absolute Gasteiger partial charge is 0.292 e. The summed E-state index contributed by atoms with van der Waals surface area (Å²) < 4.78 is 0.733. The van der Waals surface area contributed by atoms with Crippen molar-refractivity contribution >= 4 is 21.7 Å². The highest BCUT2D eigenvalue weighted by Gasteiger charge is 2.07. The van der Waals surface area contributed by atoms with Crippen LogP contribution in [0.5, 0.6) is 0 Å². The van der Waals surface area contributed by atoms with E-state index >= 15 is 0 Å². The smallest absolute Gasteiger partial charge is 0.186 e. The molecule has 1 aromatic rings. The Hall–Kier alpha value is -0.960. The minimum atomic E-state index is -0.0162. The van der Waals surface area contributed by atoms with Crippen molar-refractivity contribution < 1.29 is 4.79 Å². The van der Waals surface area contributed by atoms with Gasteiger partial charge in [-0.15, -0.1) is 6.58 Å². The van der Waals surface area contributed by atoms with E-state index in [4.69, 9.17) is 0 Å². The molecular weight excluding hydrogens is 218 g/mol. The third-order valence-corrected chi connectivity index (χ3v) is 1.99. The average molecular weight is 226 g/mol. The summed E-state index contributed by atoms with van der Waals surface area (Å²) in [6.45, 7) is 3.49. The van der Waals surface area contributed by atoms with Gasteiger partial charge in [0.05, 0.1) is 0 Å². The fourth-order valence-electron chi connectivity index (χ4n) is 0.819. The second kappa shape index (κ2) is 4.16. The Balaban J connectivity index is 2.94. The highest BCUT2D eigenvalue weighted by molar-refractivity contribution is 9.10. The Morgan fingerprint density at radius 2 is 2.50 bits per heavy atom. The molecule has 0 atom stereocenters. The van der Waals surface area contributed by atoms with Gasteiger partial charge in [0.1, 0.15) is 5.69 Å². The first-order valence-electron chi connectivity index (χ1n) is 3.50. The molecule has 0 saturated carbocycles. The van der Waals surface area contributed by atoms with Crippen molar-refractivity contribution in [3.05, 3.63) is 41.2 Å². The number of halogens is 1. The summed E-state index contributed by atoms with van der Waals surface area (Å²) in [6, 6.07) is 3.57. The summed E-state index contributed by atoms with van der Waals surface area (Å²) in [5.74, 6) is -0.0162. The van der Waals surface area contributed by atoms with Crippen molar-refractivity contribution in [2.75, 3.05) is 0 Å². The van der Waals surface area contributed by atoms with Gasteiger partial charge in [-0.25, -0.2) is 0 Å². The van der Waals surface area contributed by atoms with E-state index in [1.54, 1.807) is 24.4 Å². The summed E-state index contributed by atoms with van der Waals surface area (Å²) >= 11 is 3.25. The number of carbonyl (C=O) groups excluding carboxylic acids is 1. The van der Waals surface area contributed by atoms with Gasteiger partial charge >= 0.3 is 0 Å². The molecule has 62 valence electrons. The zero-order valence-corrected chi connectivity index (χ0v) is 8.04. The Morgan fingerprint density at radius 1 is 1.75 bits per heavy atom. The molecule has 1 heterocycles. The summed E-state index contributed by atoms with van der Waals surface area (Å²) in [6.07, 6.45) is 3.50. The molecule has 1 rings (SSSR count). The van der Waals surface area contributed by atoms with Crippen LogP contribution in [0.2, 0.25) is 0 Å². The number of ketones is 1. The second-order valence-electron chi connectivity index (χ2n) is 2.25. The maximum atomic E-state index is 11.3. The van der Waals surface area contributed by atoms with Crippen LogP contribution >= 0.6 is 15.9 Å². The van der Waals surface area contributed by atoms with E-state index in [0.29, 0.717) is 12.1 Å². The van der Waals surface area contributed by atoms with Crippen LogP contribution in [-0.2, 0) is 0 Å². The topological polar surface area (TPSA) is 30.0 Å². The van der Waals surface area contributed by atoms with Crippen LogP contribution in [0.1, 0.15) is 16.9 Å². The Morgan fingerprint density at radius 3 is 3.08 bits per heavy atom. The lowest BCUT2D eigenvalue weighted by atomic mass is 10.2. The van der Waals surface area contributed by atoms with Crippen molar-refractivity contribution in [3.8, 4) is 0 Å². The van der Waals surface area contributed by atoms with Crippen LogP contribution in [0.15, 0.2) is 35.5 Å². The van der Waals surface area contributed by atoms with Gasteiger partial charge in [-0.2, -0.15) is 0 Å². The molecule has 0 unspecified atom stereocenters. The third-order valence-electron chi connectivity index (χ3n) is 1.35. The highest BCUT2D eigenvalue weighted by atomic mass is 79.9. The molecule has 0 aliphatic rings. The molecule has 0 aromatic carbocycles. The van der Waals surface area contributed by atoms with E-state index < -0.39 is 0 Å². The number of carbonyl (C=O) groups is 1. The van der Waals surface area contributed by atoms with Gasteiger partial charge < -0.3 is 0 Å². The third kappa shape index (κ3) is 2.01. The van der Waals surface area contributed by atoms with Gasteiger partial charge in [-0.1, -0.05) is 6.08 Å². The highest BCUT2D eigenvalue weighted by Crippen LogP contribution is 2.14. The van der Waals surface area contributed by atoms with Crippen LogP contribution in [0.3, 0.4) is 0 Å². The predicted octanol–water partition coefficient (Wildman–Crippen LogP) is 2.60. The lowest BCUT2D eigenvalue weighted by Crippen LogP contribution is -2.00. The van der Waals surface area contributed by atoms with Gasteiger partial charge in [0.15, 0.2) is 5.78 Å². The number of nitrogens with zero attached hydrogens (tertiary/aromatic N) is 1. The van der Waals surface area contributed by atoms with Gasteiger partial charge in [0.2, 0.25) is 0 Å². The number of aromatic nitrogens is 1. The lowest BCUT2D eigenvalue weighted by Gasteiger charge is -1.98. The molecule has 3 heteroatoms. The Bertz CT molecular complexity index is 309. The van der Waals surface area contributed by atoms with Gasteiger partial charge in [-0.05, 0) is 28.1 Å².